The molecule has 0 unspecified atom stereocenters. The fourth-order valence-corrected chi connectivity index (χ4v) is 1.11. The summed E-state index contributed by atoms with van der Waals surface area (Å²) in [5, 5.41) is 8.36. The van der Waals surface area contributed by atoms with E-state index in [1.165, 1.54) is 30.1 Å². The van der Waals surface area contributed by atoms with Crippen molar-refractivity contribution in [3.63, 3.8) is 0 Å². The zero-order valence-corrected chi connectivity index (χ0v) is 9.28. The van der Waals surface area contributed by atoms with Crippen molar-refractivity contribution in [2.45, 2.75) is 6.54 Å². The van der Waals surface area contributed by atoms with Gasteiger partial charge in [-0.05, 0) is 17.7 Å². The number of hydrogen-bond donors (Lipinski definition) is 2. The molecule has 0 aliphatic heterocycles. The van der Waals surface area contributed by atoms with Crippen LogP contribution < -0.4 is 5.73 Å². The Balaban J connectivity index is 0.000000171. The molecule has 2 aromatic rings. The van der Waals surface area contributed by atoms with Gasteiger partial charge in [-0.2, -0.15) is 0 Å². The molecule has 1 aromatic carbocycles. The van der Waals surface area contributed by atoms with Gasteiger partial charge in [-0.25, -0.2) is 4.79 Å². The van der Waals surface area contributed by atoms with E-state index in [-0.39, 0.29) is 5.56 Å². The number of nitrogens with two attached hydrogens (primary N) is 1. The number of hydrogen-bond acceptors (Lipinski definition) is 3. The highest BCUT2D eigenvalue weighted by Gasteiger charge is 1.97. The number of carboxylic acid groups (broad SMARTS) is 1. The molecule has 0 aliphatic rings. The fourth-order valence-electron chi connectivity index (χ4n) is 1.11. The van der Waals surface area contributed by atoms with Crippen LogP contribution >= 0.6 is 0 Å². The van der Waals surface area contributed by atoms with Gasteiger partial charge in [-0.1, -0.05) is 30.3 Å². The van der Waals surface area contributed by atoms with Crippen LogP contribution in [0.15, 0.2) is 54.9 Å². The smallest absolute Gasteiger partial charge is 0.335 e. The van der Waals surface area contributed by atoms with E-state index in [0.717, 1.165) is 0 Å². The van der Waals surface area contributed by atoms with Crippen molar-refractivity contribution < 1.29 is 9.90 Å². The summed E-state index contributed by atoms with van der Waals surface area (Å²) in [4.78, 5) is 13.8. The molecule has 2 rings (SSSR count). The molecule has 1 aromatic heterocycles. The Morgan fingerprint density at radius 3 is 2.06 bits per heavy atom. The predicted octanol–water partition coefficient (Wildman–Crippen LogP) is 1.93. The molecule has 1 heterocycles. The van der Waals surface area contributed by atoms with E-state index in [0.29, 0.717) is 6.54 Å². The van der Waals surface area contributed by atoms with Crippen LogP contribution in [0.1, 0.15) is 15.9 Å². The summed E-state index contributed by atoms with van der Waals surface area (Å²) in [6.07, 6.45) is 2.90. The van der Waals surface area contributed by atoms with Crippen molar-refractivity contribution in [1.82, 2.24) is 4.98 Å². The highest BCUT2D eigenvalue weighted by molar-refractivity contribution is 5.87. The first-order chi connectivity index (χ1) is 8.24. The molecule has 4 nitrogen and oxygen atoms in total. The summed E-state index contributed by atoms with van der Waals surface area (Å²) < 4.78 is 0. The summed E-state index contributed by atoms with van der Waals surface area (Å²) in [5.41, 5.74) is 6.81. The number of benzene rings is 1. The SMILES string of the molecule is NCc1ccccc1.O=C(O)c1ccncc1. The van der Waals surface area contributed by atoms with E-state index in [1.54, 1.807) is 0 Å². The standard InChI is InChI=1S/C7H9N.C6H5NO2/c8-6-7-4-2-1-3-5-7;8-6(9)5-1-3-7-4-2-5/h1-5H,6,8H2;1-4H,(H,8,9). The minimum absolute atomic E-state index is 0.269. The maximum Gasteiger partial charge on any atom is 0.335 e. The Morgan fingerprint density at radius 1 is 1.12 bits per heavy atom. The molecule has 0 atom stereocenters. The maximum absolute atomic E-state index is 10.2. The van der Waals surface area contributed by atoms with Crippen LogP contribution in [0.5, 0.6) is 0 Å². The minimum Gasteiger partial charge on any atom is -0.478 e. The van der Waals surface area contributed by atoms with Crippen molar-refractivity contribution in [2.24, 2.45) is 5.73 Å². The van der Waals surface area contributed by atoms with E-state index in [9.17, 15) is 4.79 Å². The average Bonchev–Trinajstić information content (AvgIpc) is 2.41. The number of nitrogens with zero attached hydrogens (tertiary/aromatic N) is 1. The van der Waals surface area contributed by atoms with Crippen molar-refractivity contribution in [1.29, 1.82) is 0 Å². The van der Waals surface area contributed by atoms with Crippen molar-refractivity contribution >= 4 is 5.97 Å². The quantitative estimate of drug-likeness (QED) is 0.826. The van der Waals surface area contributed by atoms with Gasteiger partial charge < -0.3 is 10.8 Å². The Kier molecular flexibility index (Phi) is 5.40. The average molecular weight is 230 g/mol. The summed E-state index contributed by atoms with van der Waals surface area (Å²) in [5.74, 6) is -0.919. The Hall–Kier alpha value is -2.20. The molecule has 0 spiro atoms. The van der Waals surface area contributed by atoms with Crippen LogP contribution in [-0.4, -0.2) is 16.1 Å². The van der Waals surface area contributed by atoms with Gasteiger partial charge in [0.25, 0.3) is 0 Å². The molecule has 3 N–H and O–H groups in total. The van der Waals surface area contributed by atoms with E-state index in [4.69, 9.17) is 10.8 Å². The Labute approximate surface area is 99.7 Å². The lowest BCUT2D eigenvalue weighted by Crippen LogP contribution is -1.94. The molecule has 0 radical (unpaired) electrons. The third-order valence-corrected chi connectivity index (χ3v) is 2.01. The van der Waals surface area contributed by atoms with E-state index in [1.807, 2.05) is 30.3 Å². The first-order valence-electron chi connectivity index (χ1n) is 5.11. The summed E-state index contributed by atoms with van der Waals surface area (Å²) >= 11 is 0. The first-order valence-corrected chi connectivity index (χ1v) is 5.11. The van der Waals surface area contributed by atoms with Crippen LogP contribution in [0, 0.1) is 0 Å². The highest BCUT2D eigenvalue weighted by atomic mass is 16.4. The lowest BCUT2D eigenvalue weighted by molar-refractivity contribution is 0.0697. The number of carbonyl (C=O) groups is 1. The minimum atomic E-state index is -0.919. The summed E-state index contributed by atoms with van der Waals surface area (Å²) in [6.45, 7) is 0.640. The molecule has 0 saturated heterocycles. The second kappa shape index (κ2) is 7.14. The van der Waals surface area contributed by atoms with Crippen LogP contribution in [-0.2, 0) is 6.54 Å². The molecule has 0 fully saturated rings. The van der Waals surface area contributed by atoms with Gasteiger partial charge in [0.05, 0.1) is 5.56 Å². The number of carboxylic acids is 1. The van der Waals surface area contributed by atoms with Gasteiger partial charge in [0.15, 0.2) is 0 Å². The van der Waals surface area contributed by atoms with E-state index < -0.39 is 5.97 Å². The molecule has 88 valence electrons. The van der Waals surface area contributed by atoms with Crippen LogP contribution in [0.2, 0.25) is 0 Å². The molecule has 0 amide bonds. The zero-order valence-electron chi connectivity index (χ0n) is 9.28. The largest absolute Gasteiger partial charge is 0.478 e. The third kappa shape index (κ3) is 4.90. The second-order valence-electron chi connectivity index (χ2n) is 3.23. The van der Waals surface area contributed by atoms with Gasteiger partial charge in [0.2, 0.25) is 0 Å². The molecular weight excluding hydrogens is 216 g/mol. The predicted molar refractivity (Wildman–Crippen MR) is 65.5 cm³/mol. The van der Waals surface area contributed by atoms with Gasteiger partial charge in [-0.15, -0.1) is 0 Å². The fraction of sp³-hybridized carbons (Fsp3) is 0.0769. The summed E-state index contributed by atoms with van der Waals surface area (Å²) in [7, 11) is 0. The van der Waals surface area contributed by atoms with Gasteiger partial charge in [0, 0.05) is 18.9 Å². The number of aromatic nitrogens is 1. The van der Waals surface area contributed by atoms with Gasteiger partial charge >= 0.3 is 5.97 Å². The molecule has 0 aliphatic carbocycles. The van der Waals surface area contributed by atoms with Crippen LogP contribution in [0.25, 0.3) is 0 Å². The molecule has 17 heavy (non-hydrogen) atoms. The Bertz CT molecular complexity index is 443. The van der Waals surface area contributed by atoms with Crippen molar-refractivity contribution in [2.75, 3.05) is 0 Å². The van der Waals surface area contributed by atoms with Crippen LogP contribution in [0.4, 0.5) is 0 Å². The van der Waals surface area contributed by atoms with Gasteiger partial charge in [-0.3, -0.25) is 4.98 Å². The molecular formula is C13H14N2O2. The maximum atomic E-state index is 10.2. The highest BCUT2D eigenvalue weighted by Crippen LogP contribution is 1.94. The third-order valence-electron chi connectivity index (χ3n) is 2.01. The van der Waals surface area contributed by atoms with Crippen molar-refractivity contribution in [3.05, 3.63) is 66.0 Å². The summed E-state index contributed by atoms with van der Waals surface area (Å²) in [6, 6.07) is 12.9. The normalized spacial score (nSPS) is 9.00. The first kappa shape index (κ1) is 12.9. The number of rotatable bonds is 2. The second-order valence-corrected chi connectivity index (χ2v) is 3.23. The van der Waals surface area contributed by atoms with Crippen molar-refractivity contribution in [3.8, 4) is 0 Å². The molecule has 4 heteroatoms. The van der Waals surface area contributed by atoms with E-state index in [2.05, 4.69) is 4.98 Å². The van der Waals surface area contributed by atoms with Crippen LogP contribution in [0.3, 0.4) is 0 Å². The Morgan fingerprint density at radius 2 is 1.71 bits per heavy atom. The molecule has 0 saturated carbocycles. The lowest BCUT2D eigenvalue weighted by Gasteiger charge is -1.90. The van der Waals surface area contributed by atoms with E-state index >= 15 is 0 Å². The number of aromatic carboxylic acids is 1. The monoisotopic (exact) mass is 230 g/mol. The van der Waals surface area contributed by atoms with Gasteiger partial charge in [0.1, 0.15) is 0 Å². The lowest BCUT2D eigenvalue weighted by atomic mass is 10.2. The topological polar surface area (TPSA) is 76.2 Å². The zero-order chi connectivity index (χ0) is 12.5. The molecule has 0 bridgehead atoms. The number of pyridine rings is 1.